The summed E-state index contributed by atoms with van der Waals surface area (Å²) in [6.07, 6.45) is 2.04. The Kier molecular flexibility index (Phi) is 57.2. The van der Waals surface area contributed by atoms with Crippen molar-refractivity contribution in [2.45, 2.75) is 311 Å². The maximum atomic E-state index is 14.0. The number of phosphoric acid groups is 2. The molecule has 0 spiro atoms. The van der Waals surface area contributed by atoms with E-state index in [2.05, 4.69) is 44.0 Å². The minimum absolute atomic E-state index is 0.0496. The summed E-state index contributed by atoms with van der Waals surface area (Å²) in [5, 5.41) is 117. The largest absolute Gasteiger partial charge is 0.472 e. The molecule has 9 amide bonds. The molecule has 0 bridgehead atoms. The number of amides is 9. The van der Waals surface area contributed by atoms with Gasteiger partial charge >= 0.3 is 15.6 Å². The number of hydrogen-bond acceptors (Lipinski definition) is 32. The lowest BCUT2D eigenvalue weighted by Gasteiger charge is -2.46. The summed E-state index contributed by atoms with van der Waals surface area (Å²) in [5.41, 5.74) is -0.501. The van der Waals surface area contributed by atoms with Crippen LogP contribution in [0, 0.1) is 0 Å². The topological polar surface area (TPSA) is 614 Å². The Morgan fingerprint density at radius 3 is 1.18 bits per heavy atom. The summed E-state index contributed by atoms with van der Waals surface area (Å²) in [6, 6.07) is 7.08. The first-order valence-electron chi connectivity index (χ1n) is 46.4. The van der Waals surface area contributed by atoms with E-state index in [0.717, 1.165) is 32.1 Å². The number of ether oxygens (including phenoxy) is 7. The Hall–Kier alpha value is -6.01. The second kappa shape index (κ2) is 64.9. The molecule has 5 rings (SSSR count). The molecule has 1 aromatic carbocycles. The van der Waals surface area contributed by atoms with Crippen LogP contribution in [0.3, 0.4) is 0 Å². The van der Waals surface area contributed by atoms with Crippen LogP contribution in [0.4, 0.5) is 0 Å². The Bertz CT molecular complexity index is 3540. The minimum Gasteiger partial charge on any atom is -0.395 e. The molecule has 4 fully saturated rings. The molecule has 18 unspecified atom stereocenters. The molecule has 131 heavy (non-hydrogen) atoms. The number of nitrogens with one attached hydrogen (secondary N) is 6. The Balaban J connectivity index is 1.08. The van der Waals surface area contributed by atoms with Gasteiger partial charge in [-0.2, -0.15) is 0 Å². The number of rotatable bonds is 69. The highest BCUT2D eigenvalue weighted by Crippen LogP contribution is 2.44. The SMILES string of the molecule is CC(=O)NC1C(OCCCCCC(=O)NCCCCCC(=O)N(CCOC2CCCC(c3ccccc3)CC2)CCOP(=O)(O)OCCN(CCOP(=O)(O)OCCN(CCO)C(=O)CCCCCNC(=O)CCCCCOC2OC(CO)CC(O)(CO)C2NC(C)=O)C(=O)CCCCCNC(=O)CCCCCOC2OC(CO)C(O)C(O)C2NC(C)=O)OC(CO)C(O)C1O. The van der Waals surface area contributed by atoms with Gasteiger partial charge in [0, 0.05) is 144 Å². The predicted octanol–water partition coefficient (Wildman–Crippen LogP) is 0.848. The number of benzene rings is 1. The highest BCUT2D eigenvalue weighted by atomic mass is 31.2. The fourth-order valence-corrected chi connectivity index (χ4v) is 17.2. The van der Waals surface area contributed by atoms with E-state index in [1.165, 1.54) is 41.0 Å². The molecule has 4 aliphatic rings. The number of hydrogen-bond donors (Lipinski definition) is 18. The molecule has 45 heteroatoms. The fourth-order valence-electron chi connectivity index (χ4n) is 15.8. The summed E-state index contributed by atoms with van der Waals surface area (Å²) >= 11 is 0. The van der Waals surface area contributed by atoms with Gasteiger partial charge < -0.3 is 141 Å². The molecular formula is C86H151N9O34P2. The predicted molar refractivity (Wildman–Crippen MR) is 471 cm³/mol. The number of nitrogens with zero attached hydrogens (tertiary/aromatic N) is 3. The quantitative estimate of drug-likeness (QED) is 0.0244. The van der Waals surface area contributed by atoms with Gasteiger partial charge in [0.1, 0.15) is 60.4 Å². The third kappa shape index (κ3) is 46.1. The van der Waals surface area contributed by atoms with E-state index in [4.69, 9.17) is 51.3 Å². The van der Waals surface area contributed by atoms with E-state index in [-0.39, 0.29) is 153 Å². The van der Waals surface area contributed by atoms with E-state index in [9.17, 15) is 113 Å². The zero-order valence-corrected chi connectivity index (χ0v) is 78.2. The van der Waals surface area contributed by atoms with Gasteiger partial charge in [0.15, 0.2) is 18.9 Å². The third-order valence-electron chi connectivity index (χ3n) is 23.0. The van der Waals surface area contributed by atoms with Crippen molar-refractivity contribution in [3.63, 3.8) is 0 Å². The molecule has 3 heterocycles. The number of aliphatic hydroxyl groups excluding tert-OH is 9. The van der Waals surface area contributed by atoms with Crippen molar-refractivity contribution in [3.05, 3.63) is 35.9 Å². The van der Waals surface area contributed by atoms with Crippen LogP contribution in [-0.4, -0.2) is 365 Å². The first-order chi connectivity index (χ1) is 62.8. The highest BCUT2D eigenvalue weighted by molar-refractivity contribution is 7.47. The van der Waals surface area contributed by atoms with Crippen LogP contribution in [0.1, 0.15) is 225 Å². The number of carbonyl (C=O) groups is 9. The molecule has 18 atom stereocenters. The maximum absolute atomic E-state index is 14.0. The third-order valence-corrected chi connectivity index (χ3v) is 25.1. The van der Waals surface area contributed by atoms with Crippen LogP contribution in [0.25, 0.3) is 0 Å². The van der Waals surface area contributed by atoms with Crippen LogP contribution >= 0.6 is 15.6 Å². The summed E-state index contributed by atoms with van der Waals surface area (Å²) < 4.78 is 88.7. The Morgan fingerprint density at radius 2 is 0.802 bits per heavy atom. The van der Waals surface area contributed by atoms with E-state index < -0.39 is 184 Å². The zero-order valence-electron chi connectivity index (χ0n) is 76.4. The van der Waals surface area contributed by atoms with E-state index in [1.54, 1.807) is 0 Å². The fraction of sp³-hybridized carbons (Fsp3) is 0.826. The Labute approximate surface area is 768 Å². The molecule has 3 aliphatic heterocycles. The number of phosphoric ester groups is 2. The Morgan fingerprint density at radius 1 is 0.420 bits per heavy atom. The summed E-state index contributed by atoms with van der Waals surface area (Å²) in [5.74, 6) is -2.75. The average Bonchev–Trinajstić information content (AvgIpc) is 1.20. The van der Waals surface area contributed by atoms with Crippen molar-refractivity contribution in [1.29, 1.82) is 0 Å². The number of carbonyl (C=O) groups excluding carboxylic acids is 9. The summed E-state index contributed by atoms with van der Waals surface area (Å²) in [4.78, 5) is 140. The molecule has 43 nitrogen and oxygen atoms in total. The monoisotopic (exact) mass is 1920 g/mol. The minimum atomic E-state index is -4.89. The lowest BCUT2D eigenvalue weighted by atomic mass is 9.85. The number of aliphatic hydroxyl groups is 10. The lowest BCUT2D eigenvalue weighted by Crippen LogP contribution is -2.66. The average molecular weight is 1920 g/mol. The van der Waals surface area contributed by atoms with Crippen LogP contribution in [0.15, 0.2) is 30.3 Å². The van der Waals surface area contributed by atoms with Gasteiger partial charge in [-0.3, -0.25) is 61.2 Å². The van der Waals surface area contributed by atoms with Crippen molar-refractivity contribution in [3.8, 4) is 0 Å². The van der Waals surface area contributed by atoms with Gasteiger partial charge in [-0.25, -0.2) is 9.13 Å². The van der Waals surface area contributed by atoms with Gasteiger partial charge in [0.25, 0.3) is 0 Å². The smallest absolute Gasteiger partial charge is 0.395 e. The normalized spacial score (nSPS) is 24.9. The van der Waals surface area contributed by atoms with Crippen molar-refractivity contribution >= 4 is 68.8 Å². The van der Waals surface area contributed by atoms with Gasteiger partial charge in [0.2, 0.25) is 53.2 Å². The van der Waals surface area contributed by atoms with E-state index in [0.29, 0.717) is 135 Å². The van der Waals surface area contributed by atoms with Gasteiger partial charge in [-0.15, -0.1) is 0 Å². The molecule has 1 aromatic rings. The molecule has 1 aliphatic carbocycles. The summed E-state index contributed by atoms with van der Waals surface area (Å²) in [6.45, 7) is -0.513. The van der Waals surface area contributed by atoms with Crippen molar-refractivity contribution in [1.82, 2.24) is 46.6 Å². The van der Waals surface area contributed by atoms with Gasteiger partial charge in [-0.1, -0.05) is 75.3 Å². The van der Waals surface area contributed by atoms with E-state index >= 15 is 0 Å². The molecule has 18 N–H and O–H groups in total. The maximum Gasteiger partial charge on any atom is 0.472 e. The zero-order chi connectivity index (χ0) is 96.0. The standard InChI is InChI=1S/C86H151N9O34P2/c1-61(101)90-76-80(112)78(110)68(58-98)128-83(76)120-48-22-8-13-30-70(104)88-39-20-6-17-34-74(108)94(42-51-119-66-29-25-28-65(36-37-66)64-26-11-4-12-27-64)44-53-124-131(117,118)126-55-46-95(75(109)35-18-7-21-40-89-71(105)31-14-9-23-49-121-84-77(91-62(2)102)81(113)79(111)69(59-99)129-84)45-54-125-130(115,116)123-52-43-93(41-47-96)73(107)33-16-5-19-38-87-72(106)32-15-10-24-50-122-85-82(92-63(3)103)86(114,60-100)56-67(57-97)127-85/h4,11-12,26-27,65-69,76-85,96-100,110-114H,5-10,13-25,28-60H2,1-3H3,(H,87,106)(H,88,104)(H,89,105)(H,90,101)(H,91,102)(H,92,103)(H,115,116)(H,117,118). The second-order valence-corrected chi connectivity index (χ2v) is 36.5. The lowest BCUT2D eigenvalue weighted by molar-refractivity contribution is -0.270. The molecule has 3 saturated heterocycles. The second-order valence-electron chi connectivity index (χ2n) is 33.6. The van der Waals surface area contributed by atoms with Crippen LogP contribution in [0.5, 0.6) is 0 Å². The van der Waals surface area contributed by atoms with Crippen LogP contribution in [-0.2, 0) is 104 Å². The first kappa shape index (κ1) is 115. The van der Waals surface area contributed by atoms with E-state index in [1.807, 2.05) is 18.2 Å². The van der Waals surface area contributed by atoms with Gasteiger partial charge in [-0.05, 0) is 114 Å². The van der Waals surface area contributed by atoms with Crippen LogP contribution < -0.4 is 31.9 Å². The van der Waals surface area contributed by atoms with Crippen molar-refractivity contribution < 1.29 is 164 Å². The molecule has 754 valence electrons. The molecule has 0 radical (unpaired) electrons. The molecular weight excluding hydrogens is 1760 g/mol. The van der Waals surface area contributed by atoms with Crippen molar-refractivity contribution in [2.75, 3.05) is 145 Å². The number of unbranched alkanes of at least 4 members (excludes halogenated alkanes) is 12. The summed E-state index contributed by atoms with van der Waals surface area (Å²) in [7, 11) is -9.77. The molecule has 1 saturated carbocycles. The van der Waals surface area contributed by atoms with Crippen molar-refractivity contribution in [2.24, 2.45) is 0 Å². The van der Waals surface area contributed by atoms with Gasteiger partial charge in [0.05, 0.1) is 78.3 Å². The first-order valence-corrected chi connectivity index (χ1v) is 49.4. The van der Waals surface area contributed by atoms with Crippen LogP contribution in [0.2, 0.25) is 0 Å². The molecule has 0 aromatic heterocycles. The highest BCUT2D eigenvalue weighted by Gasteiger charge is 2.51.